The third-order valence-corrected chi connectivity index (χ3v) is 2.94. The van der Waals surface area contributed by atoms with Crippen molar-refractivity contribution in [3.63, 3.8) is 0 Å². The number of hydrogen-bond donors (Lipinski definition) is 0. The lowest BCUT2D eigenvalue weighted by Gasteiger charge is -2.04. The minimum atomic E-state index is 0.567. The van der Waals surface area contributed by atoms with E-state index in [2.05, 4.69) is 34.1 Å². The second-order valence-corrected chi connectivity index (χ2v) is 4.41. The average Bonchev–Trinajstić information content (AvgIpc) is 2.38. The third-order valence-electron chi connectivity index (χ3n) is 2.28. The van der Waals surface area contributed by atoms with E-state index in [0.29, 0.717) is 6.61 Å². The summed E-state index contributed by atoms with van der Waals surface area (Å²) in [5.41, 5.74) is 1.18. The Bertz CT molecular complexity index is 491. The highest BCUT2D eigenvalue weighted by atomic mass is 79.9. The Balaban J connectivity index is 1.88. The Kier molecular flexibility index (Phi) is 4.39. The first-order valence-electron chi connectivity index (χ1n) is 5.45. The van der Waals surface area contributed by atoms with Crippen molar-refractivity contribution in [2.75, 3.05) is 6.61 Å². The fourth-order valence-corrected chi connectivity index (χ4v) is 1.85. The molecule has 0 spiro atoms. The fourth-order valence-electron chi connectivity index (χ4n) is 1.45. The standard InChI is InChI=1S/C15H13BrO/c16-14-10-4-5-11-15(14)17-12-6-9-13-7-2-1-3-8-13/h1-11H,12H2/b9-6+. The number of ether oxygens (including phenoxy) is 1. The van der Waals surface area contributed by atoms with Crippen molar-refractivity contribution in [2.45, 2.75) is 0 Å². The number of benzene rings is 2. The number of rotatable bonds is 4. The number of para-hydroxylation sites is 1. The van der Waals surface area contributed by atoms with Gasteiger partial charge in [-0.05, 0) is 39.7 Å². The quantitative estimate of drug-likeness (QED) is 0.802. The zero-order valence-corrected chi connectivity index (χ0v) is 10.9. The van der Waals surface area contributed by atoms with Gasteiger partial charge in [0.15, 0.2) is 0 Å². The summed E-state index contributed by atoms with van der Waals surface area (Å²) in [4.78, 5) is 0. The van der Waals surface area contributed by atoms with E-state index in [1.165, 1.54) is 5.56 Å². The van der Waals surface area contributed by atoms with Gasteiger partial charge in [0.1, 0.15) is 12.4 Å². The molecule has 0 unspecified atom stereocenters. The Hall–Kier alpha value is -1.54. The topological polar surface area (TPSA) is 9.23 Å². The first-order chi connectivity index (χ1) is 8.36. The molecule has 2 rings (SSSR count). The zero-order valence-electron chi connectivity index (χ0n) is 9.34. The van der Waals surface area contributed by atoms with Gasteiger partial charge in [-0.15, -0.1) is 0 Å². The van der Waals surface area contributed by atoms with Crippen molar-refractivity contribution in [3.8, 4) is 5.75 Å². The second kappa shape index (κ2) is 6.26. The van der Waals surface area contributed by atoms with E-state index in [-0.39, 0.29) is 0 Å². The summed E-state index contributed by atoms with van der Waals surface area (Å²) in [6.07, 6.45) is 4.06. The van der Waals surface area contributed by atoms with Crippen molar-refractivity contribution >= 4 is 22.0 Å². The van der Waals surface area contributed by atoms with Gasteiger partial charge >= 0.3 is 0 Å². The lowest BCUT2D eigenvalue weighted by atomic mass is 10.2. The smallest absolute Gasteiger partial charge is 0.133 e. The summed E-state index contributed by atoms with van der Waals surface area (Å²) in [6, 6.07) is 18.0. The Labute approximate surface area is 110 Å². The van der Waals surface area contributed by atoms with Crippen LogP contribution in [0.15, 0.2) is 65.1 Å². The van der Waals surface area contributed by atoms with Crippen LogP contribution in [0.2, 0.25) is 0 Å². The summed E-state index contributed by atoms with van der Waals surface area (Å²) in [5.74, 6) is 0.866. The third kappa shape index (κ3) is 3.75. The van der Waals surface area contributed by atoms with Crippen LogP contribution >= 0.6 is 15.9 Å². The predicted molar refractivity (Wildman–Crippen MR) is 75.1 cm³/mol. The van der Waals surface area contributed by atoms with Gasteiger partial charge in [-0.25, -0.2) is 0 Å². The molecule has 2 heteroatoms. The van der Waals surface area contributed by atoms with Crippen LogP contribution in [0.1, 0.15) is 5.56 Å². The maximum Gasteiger partial charge on any atom is 0.133 e. The molecule has 0 aliphatic heterocycles. The van der Waals surface area contributed by atoms with Crippen LogP contribution in [0.4, 0.5) is 0 Å². The van der Waals surface area contributed by atoms with Crippen molar-refractivity contribution in [3.05, 3.63) is 70.7 Å². The van der Waals surface area contributed by atoms with Crippen LogP contribution in [0.3, 0.4) is 0 Å². The van der Waals surface area contributed by atoms with E-state index >= 15 is 0 Å². The molecule has 0 bridgehead atoms. The molecule has 0 saturated heterocycles. The molecule has 2 aromatic rings. The van der Waals surface area contributed by atoms with Gasteiger partial charge in [0.25, 0.3) is 0 Å². The van der Waals surface area contributed by atoms with E-state index in [0.717, 1.165) is 10.2 Å². The molecule has 0 amide bonds. The Morgan fingerprint density at radius 2 is 1.65 bits per heavy atom. The summed E-state index contributed by atoms with van der Waals surface area (Å²) in [7, 11) is 0. The molecule has 0 radical (unpaired) electrons. The maximum atomic E-state index is 5.62. The molecular weight excluding hydrogens is 276 g/mol. The van der Waals surface area contributed by atoms with E-state index in [9.17, 15) is 0 Å². The first-order valence-corrected chi connectivity index (χ1v) is 6.24. The van der Waals surface area contributed by atoms with Gasteiger partial charge in [-0.2, -0.15) is 0 Å². The van der Waals surface area contributed by atoms with Gasteiger partial charge < -0.3 is 4.74 Å². The molecule has 0 heterocycles. The van der Waals surface area contributed by atoms with Crippen molar-refractivity contribution in [2.24, 2.45) is 0 Å². The molecule has 0 saturated carbocycles. The molecule has 2 aromatic carbocycles. The molecule has 0 aromatic heterocycles. The highest BCUT2D eigenvalue weighted by Crippen LogP contribution is 2.23. The van der Waals surface area contributed by atoms with Crippen LogP contribution in [0.5, 0.6) is 5.75 Å². The molecule has 1 nitrogen and oxygen atoms in total. The monoisotopic (exact) mass is 288 g/mol. The maximum absolute atomic E-state index is 5.62. The van der Waals surface area contributed by atoms with Crippen LogP contribution in [0, 0.1) is 0 Å². The lowest BCUT2D eigenvalue weighted by Crippen LogP contribution is -1.93. The van der Waals surface area contributed by atoms with Crippen LogP contribution in [0.25, 0.3) is 6.08 Å². The number of hydrogen-bond acceptors (Lipinski definition) is 1. The molecule has 17 heavy (non-hydrogen) atoms. The van der Waals surface area contributed by atoms with Crippen molar-refractivity contribution < 1.29 is 4.74 Å². The van der Waals surface area contributed by atoms with Gasteiger partial charge in [0, 0.05) is 0 Å². The summed E-state index contributed by atoms with van der Waals surface area (Å²) >= 11 is 3.44. The van der Waals surface area contributed by atoms with Gasteiger partial charge in [0.05, 0.1) is 4.47 Å². The van der Waals surface area contributed by atoms with Crippen LogP contribution < -0.4 is 4.74 Å². The van der Waals surface area contributed by atoms with Gasteiger partial charge in [-0.3, -0.25) is 0 Å². The molecular formula is C15H13BrO. The lowest BCUT2D eigenvalue weighted by molar-refractivity contribution is 0.361. The minimum absolute atomic E-state index is 0.567. The Morgan fingerprint density at radius 3 is 2.41 bits per heavy atom. The summed E-state index contributed by atoms with van der Waals surface area (Å²) < 4.78 is 6.60. The average molecular weight is 289 g/mol. The van der Waals surface area contributed by atoms with Gasteiger partial charge in [0.2, 0.25) is 0 Å². The van der Waals surface area contributed by atoms with E-state index in [1.807, 2.05) is 48.5 Å². The SMILES string of the molecule is Brc1ccccc1OC/C=C/c1ccccc1. The molecule has 0 aliphatic rings. The van der Waals surface area contributed by atoms with Gasteiger partial charge in [-0.1, -0.05) is 48.5 Å². The fraction of sp³-hybridized carbons (Fsp3) is 0.0667. The van der Waals surface area contributed by atoms with Crippen molar-refractivity contribution in [1.82, 2.24) is 0 Å². The van der Waals surface area contributed by atoms with Crippen molar-refractivity contribution in [1.29, 1.82) is 0 Å². The minimum Gasteiger partial charge on any atom is -0.488 e. The first kappa shape index (κ1) is 11.9. The molecule has 86 valence electrons. The van der Waals surface area contributed by atoms with E-state index in [4.69, 9.17) is 4.74 Å². The van der Waals surface area contributed by atoms with E-state index in [1.54, 1.807) is 0 Å². The second-order valence-electron chi connectivity index (χ2n) is 3.55. The highest BCUT2D eigenvalue weighted by molar-refractivity contribution is 9.10. The Morgan fingerprint density at radius 1 is 0.941 bits per heavy atom. The predicted octanol–water partition coefficient (Wildman–Crippen LogP) is 4.54. The molecule has 0 aliphatic carbocycles. The largest absolute Gasteiger partial charge is 0.488 e. The molecule has 0 fully saturated rings. The van der Waals surface area contributed by atoms with Crippen LogP contribution in [-0.2, 0) is 0 Å². The molecule has 0 atom stereocenters. The normalized spacial score (nSPS) is 10.6. The zero-order chi connectivity index (χ0) is 11.9. The number of halogens is 1. The summed E-state index contributed by atoms with van der Waals surface area (Å²) in [6.45, 7) is 0.567. The van der Waals surface area contributed by atoms with E-state index < -0.39 is 0 Å². The van der Waals surface area contributed by atoms with Crippen LogP contribution in [-0.4, -0.2) is 6.61 Å². The molecule has 0 N–H and O–H groups in total. The highest BCUT2D eigenvalue weighted by Gasteiger charge is 1.96. The summed E-state index contributed by atoms with van der Waals surface area (Å²) in [5, 5.41) is 0.